The predicted octanol–water partition coefficient (Wildman–Crippen LogP) is 6.28. The molecule has 3 aliphatic rings. The van der Waals surface area contributed by atoms with Crippen molar-refractivity contribution in [3.63, 3.8) is 0 Å². The summed E-state index contributed by atoms with van der Waals surface area (Å²) in [6.45, 7) is 24.7. The van der Waals surface area contributed by atoms with Crippen LogP contribution in [0, 0.1) is 11.8 Å². The van der Waals surface area contributed by atoms with E-state index in [1.165, 1.54) is 24.0 Å². The van der Waals surface area contributed by atoms with Gasteiger partial charge in [-0.1, -0.05) is 51.2 Å². The van der Waals surface area contributed by atoms with Crippen LogP contribution in [-0.2, 0) is 38.1 Å². The number of ether oxygens (including phenoxy) is 4. The van der Waals surface area contributed by atoms with Gasteiger partial charge < -0.3 is 28.7 Å². The molecule has 0 aromatic carbocycles. The van der Waals surface area contributed by atoms with Crippen molar-refractivity contribution in [2.45, 2.75) is 156 Å². The van der Waals surface area contributed by atoms with Crippen LogP contribution in [0.3, 0.4) is 0 Å². The van der Waals surface area contributed by atoms with Crippen molar-refractivity contribution >= 4 is 35.9 Å². The molecule has 2 saturated heterocycles. The summed E-state index contributed by atoms with van der Waals surface area (Å²) in [6.07, 6.45) is 12.0. The molecule has 2 fully saturated rings. The average Bonchev–Trinajstić information content (AvgIpc) is 3.74. The van der Waals surface area contributed by atoms with Crippen LogP contribution in [0.1, 0.15) is 108 Å². The smallest absolute Gasteiger partial charge is 0.410 e. The van der Waals surface area contributed by atoms with E-state index in [9.17, 15) is 28.8 Å². The lowest BCUT2D eigenvalue weighted by molar-refractivity contribution is -0.155. The van der Waals surface area contributed by atoms with Gasteiger partial charge in [-0.2, -0.15) is 0 Å². The lowest BCUT2D eigenvalue weighted by atomic mass is 9.97. The summed E-state index contributed by atoms with van der Waals surface area (Å²) in [4.78, 5) is 83.1. The van der Waals surface area contributed by atoms with Crippen molar-refractivity contribution in [3.8, 4) is 0 Å². The Labute approximate surface area is 334 Å². The number of hydrogen-bond donors (Lipinski definition) is 0. The minimum atomic E-state index is -0.791. The zero-order valence-corrected chi connectivity index (χ0v) is 36.0. The Balaban J connectivity index is 0.000000390. The molecule has 56 heavy (non-hydrogen) atoms. The maximum Gasteiger partial charge on any atom is 0.410 e. The van der Waals surface area contributed by atoms with Crippen LogP contribution in [0.2, 0.25) is 0 Å². The highest BCUT2D eigenvalue weighted by atomic mass is 16.6. The number of carbonyl (C=O) groups is 6. The molecule has 0 saturated carbocycles. The van der Waals surface area contributed by atoms with E-state index in [1.807, 2.05) is 45.1 Å². The van der Waals surface area contributed by atoms with E-state index in [4.69, 9.17) is 18.9 Å². The molecule has 0 bridgehead atoms. The molecule has 3 heterocycles. The maximum absolute atomic E-state index is 13.8. The molecule has 3 rings (SSSR count). The number of nitrogens with zero attached hydrogens (tertiary/aromatic N) is 4. The van der Waals surface area contributed by atoms with Gasteiger partial charge in [-0.15, -0.1) is 6.58 Å². The third-order valence-corrected chi connectivity index (χ3v) is 10.1. The van der Waals surface area contributed by atoms with E-state index in [0.29, 0.717) is 38.8 Å². The molecule has 316 valence electrons. The summed E-state index contributed by atoms with van der Waals surface area (Å²) in [5, 5.41) is 0. The van der Waals surface area contributed by atoms with Gasteiger partial charge in [-0.3, -0.25) is 19.4 Å². The van der Waals surface area contributed by atoms with Gasteiger partial charge in [0, 0.05) is 24.9 Å². The molecule has 3 aliphatic heterocycles. The number of carbonyl (C=O) groups excluding carboxylic acids is 6. The summed E-state index contributed by atoms with van der Waals surface area (Å²) in [5.41, 5.74) is -1.31. The van der Waals surface area contributed by atoms with Crippen LogP contribution < -0.4 is 0 Å². The molecule has 0 aromatic heterocycles. The van der Waals surface area contributed by atoms with Gasteiger partial charge in [-0.05, 0) is 87.5 Å². The number of esters is 2. The lowest BCUT2D eigenvalue weighted by Crippen LogP contribution is -2.57. The fourth-order valence-corrected chi connectivity index (χ4v) is 7.34. The molecule has 1 unspecified atom stereocenters. The first-order valence-electron chi connectivity index (χ1n) is 19.9. The molecule has 0 aliphatic carbocycles. The minimum Gasteiger partial charge on any atom is -0.467 e. The van der Waals surface area contributed by atoms with Gasteiger partial charge in [0.15, 0.2) is 0 Å². The quantitative estimate of drug-likeness (QED) is 0.133. The molecule has 14 nitrogen and oxygen atoms in total. The first-order valence-corrected chi connectivity index (χ1v) is 19.9. The Morgan fingerprint density at radius 2 is 1.43 bits per heavy atom. The first kappa shape index (κ1) is 47.8. The molecule has 8 atom stereocenters. The van der Waals surface area contributed by atoms with Crippen LogP contribution in [0.5, 0.6) is 0 Å². The number of allylic oxidation sites excluding steroid dienone is 1. The molecule has 0 aromatic rings. The zero-order valence-electron chi connectivity index (χ0n) is 36.0. The Morgan fingerprint density at radius 1 is 0.875 bits per heavy atom. The van der Waals surface area contributed by atoms with Gasteiger partial charge in [0.2, 0.25) is 11.8 Å². The highest BCUT2D eigenvalue weighted by Gasteiger charge is 2.49. The van der Waals surface area contributed by atoms with Gasteiger partial charge >= 0.3 is 24.1 Å². The van der Waals surface area contributed by atoms with E-state index >= 15 is 0 Å². The Hall–Kier alpha value is -4.36. The first-order chi connectivity index (χ1) is 26.1. The van der Waals surface area contributed by atoms with Crippen molar-refractivity contribution < 1.29 is 47.7 Å². The highest BCUT2D eigenvalue weighted by Crippen LogP contribution is 2.34. The third kappa shape index (κ3) is 12.1. The molecule has 4 amide bonds. The predicted molar refractivity (Wildman–Crippen MR) is 213 cm³/mol. The number of methoxy groups -OCH3 is 2. The van der Waals surface area contributed by atoms with Crippen LogP contribution in [0.15, 0.2) is 37.0 Å². The van der Waals surface area contributed by atoms with Crippen molar-refractivity contribution in [1.82, 2.24) is 19.6 Å². The Bertz CT molecular complexity index is 1460. The molecular formula is C42H68N4O10. The lowest BCUT2D eigenvalue weighted by Gasteiger charge is -2.38. The SMILES string of the molecule is C=C[C@H]1CCN(C(=O)OC(C)(C)C)[C@@H]1C(=O)N([C@@H](/C=C/CC)CC)[C@@H](C)C(=O)OC.CC[C@@H]1C=C[C@H]2CCN(C(=O)OC(C)(C)C)[C@@H]2C(=O)N1C(C)C(=O)OC. The summed E-state index contributed by atoms with van der Waals surface area (Å²) >= 11 is 0. The average molecular weight is 789 g/mol. The van der Waals surface area contributed by atoms with Gasteiger partial charge in [0.25, 0.3) is 0 Å². The summed E-state index contributed by atoms with van der Waals surface area (Å²) in [6, 6.07) is -3.43. The maximum atomic E-state index is 13.8. The van der Waals surface area contributed by atoms with E-state index in [-0.39, 0.29) is 35.7 Å². The Kier molecular flexibility index (Phi) is 17.7. The molecular weight excluding hydrogens is 720 g/mol. The van der Waals surface area contributed by atoms with Gasteiger partial charge in [0.05, 0.1) is 26.3 Å². The van der Waals surface area contributed by atoms with Crippen molar-refractivity contribution in [2.24, 2.45) is 11.8 Å². The topological polar surface area (TPSA) is 152 Å². The van der Waals surface area contributed by atoms with Crippen molar-refractivity contribution in [1.29, 1.82) is 0 Å². The zero-order chi connectivity index (χ0) is 42.7. The van der Waals surface area contributed by atoms with E-state index in [2.05, 4.69) is 6.58 Å². The summed E-state index contributed by atoms with van der Waals surface area (Å²) in [7, 11) is 2.61. The monoisotopic (exact) mass is 788 g/mol. The fourth-order valence-electron chi connectivity index (χ4n) is 7.34. The summed E-state index contributed by atoms with van der Waals surface area (Å²) < 4.78 is 20.8. The number of likely N-dealkylation sites (tertiary alicyclic amines) is 2. The van der Waals surface area contributed by atoms with Crippen molar-refractivity contribution in [2.75, 3.05) is 27.3 Å². The highest BCUT2D eigenvalue weighted by molar-refractivity contribution is 5.92. The van der Waals surface area contributed by atoms with E-state index in [1.54, 1.807) is 71.3 Å². The summed E-state index contributed by atoms with van der Waals surface area (Å²) in [5.74, 6) is -1.78. The minimum absolute atomic E-state index is 0.0704. The van der Waals surface area contributed by atoms with Gasteiger partial charge in [-0.25, -0.2) is 19.2 Å². The fraction of sp³-hybridized carbons (Fsp3) is 0.714. The van der Waals surface area contributed by atoms with Gasteiger partial charge in [0.1, 0.15) is 35.4 Å². The normalized spacial score (nSPS) is 23.9. The largest absolute Gasteiger partial charge is 0.467 e. The Morgan fingerprint density at radius 3 is 1.91 bits per heavy atom. The second-order valence-corrected chi connectivity index (χ2v) is 16.4. The number of rotatable bonds is 11. The van der Waals surface area contributed by atoms with E-state index < -0.39 is 59.5 Å². The third-order valence-electron chi connectivity index (χ3n) is 10.1. The molecule has 0 N–H and O–H groups in total. The number of amides is 4. The second kappa shape index (κ2) is 20.7. The van der Waals surface area contributed by atoms with Crippen LogP contribution in [-0.4, -0.2) is 130 Å². The second-order valence-electron chi connectivity index (χ2n) is 16.4. The molecule has 0 spiro atoms. The van der Waals surface area contributed by atoms with E-state index in [0.717, 1.165) is 6.42 Å². The van der Waals surface area contributed by atoms with Crippen molar-refractivity contribution in [3.05, 3.63) is 37.0 Å². The molecule has 14 heteroatoms. The van der Waals surface area contributed by atoms with Crippen LogP contribution in [0.25, 0.3) is 0 Å². The number of hydrogen-bond acceptors (Lipinski definition) is 10. The van der Waals surface area contributed by atoms with Crippen LogP contribution >= 0.6 is 0 Å². The standard InChI is InChI=1S/C23H38N2O5.C19H30N2O5/c1-9-12-13-18(11-3)25(16(4)21(27)29-8)20(26)19-17(10-2)14-15-24(19)22(28)30-23(5,6)7;1-7-14-9-8-13-10-11-20(18(24)26-19(3,4)5)15(13)16(22)21(14)12(2)17(23)25-6/h10,12-13,16-19H,2,9,11,14-15H2,1,3-8H3;8-9,12-15H,7,10-11H2,1-6H3/b13-12+;/t16-,17-,18+,19-;12?,13-,14+,15-/m00/s1. The molecule has 0 radical (unpaired) electrons. The number of fused-ring (bicyclic) bond motifs is 1. The van der Waals surface area contributed by atoms with Crippen LogP contribution in [0.4, 0.5) is 9.59 Å².